The molecule has 1 heterocycles. The molecule has 0 aliphatic rings. The number of hydrogen-bond acceptors (Lipinski definition) is 4. The van der Waals surface area contributed by atoms with E-state index in [0.29, 0.717) is 6.04 Å². The number of aryl methyl sites for hydroxylation is 2. The number of aromatic nitrogens is 1. The van der Waals surface area contributed by atoms with Crippen LogP contribution in [0.4, 0.5) is 0 Å². The number of benzene rings is 1. The van der Waals surface area contributed by atoms with Crippen molar-refractivity contribution >= 4 is 11.8 Å². The van der Waals surface area contributed by atoms with Gasteiger partial charge in [0.05, 0.1) is 5.69 Å². The number of thioether (sulfide) groups is 1. The Bertz CT molecular complexity index is 491. The number of oxazole rings is 1. The van der Waals surface area contributed by atoms with Crippen molar-refractivity contribution in [3.8, 4) is 0 Å². The van der Waals surface area contributed by atoms with Crippen molar-refractivity contribution in [1.29, 1.82) is 0 Å². The number of hydrogen-bond donors (Lipinski definition) is 1. The van der Waals surface area contributed by atoms with Gasteiger partial charge < -0.3 is 9.73 Å². The van der Waals surface area contributed by atoms with Crippen LogP contribution in [0.5, 0.6) is 0 Å². The van der Waals surface area contributed by atoms with Crippen molar-refractivity contribution in [2.45, 2.75) is 32.0 Å². The molecule has 0 saturated heterocycles. The van der Waals surface area contributed by atoms with Crippen molar-refractivity contribution < 1.29 is 4.42 Å². The van der Waals surface area contributed by atoms with Crippen LogP contribution in [0.2, 0.25) is 0 Å². The lowest BCUT2D eigenvalue weighted by Gasteiger charge is -2.16. The molecule has 2 rings (SSSR count). The van der Waals surface area contributed by atoms with Crippen LogP contribution in [-0.2, 0) is 0 Å². The Morgan fingerprint density at radius 2 is 2.00 bits per heavy atom. The van der Waals surface area contributed by atoms with Crippen LogP contribution >= 0.6 is 11.8 Å². The van der Waals surface area contributed by atoms with Crippen LogP contribution in [0.15, 0.2) is 40.0 Å². The van der Waals surface area contributed by atoms with Gasteiger partial charge in [-0.1, -0.05) is 49.0 Å². The predicted octanol–water partition coefficient (Wildman–Crippen LogP) is 3.73. The van der Waals surface area contributed by atoms with Gasteiger partial charge in [0.1, 0.15) is 5.76 Å². The highest BCUT2D eigenvalue weighted by Gasteiger charge is 2.13. The first-order chi connectivity index (χ1) is 9.20. The third-order valence-electron chi connectivity index (χ3n) is 3.03. The molecular weight excluding hydrogens is 256 g/mol. The second kappa shape index (κ2) is 6.78. The van der Waals surface area contributed by atoms with Crippen molar-refractivity contribution in [3.05, 3.63) is 47.3 Å². The standard InChI is InChI=1S/C15H20N2OS/c1-4-16-14(13-8-6-5-7-9-13)10-19-15-17-11(2)12(3)18-15/h5-9,14,16H,4,10H2,1-3H3. The van der Waals surface area contributed by atoms with E-state index in [1.165, 1.54) is 5.56 Å². The minimum atomic E-state index is 0.323. The van der Waals surface area contributed by atoms with Crippen LogP contribution in [0.25, 0.3) is 0 Å². The summed E-state index contributed by atoms with van der Waals surface area (Å²) >= 11 is 1.66. The first-order valence-corrected chi connectivity index (χ1v) is 7.54. The Balaban J connectivity index is 2.01. The largest absolute Gasteiger partial charge is 0.437 e. The Morgan fingerprint density at radius 3 is 2.58 bits per heavy atom. The van der Waals surface area contributed by atoms with Gasteiger partial charge in [-0.15, -0.1) is 0 Å². The molecule has 0 saturated carbocycles. The summed E-state index contributed by atoms with van der Waals surface area (Å²) in [7, 11) is 0. The molecule has 0 fully saturated rings. The van der Waals surface area contributed by atoms with Gasteiger partial charge in [0.25, 0.3) is 5.22 Å². The minimum Gasteiger partial charge on any atom is -0.437 e. The van der Waals surface area contributed by atoms with Crippen LogP contribution in [0, 0.1) is 13.8 Å². The van der Waals surface area contributed by atoms with Gasteiger partial charge in [0.2, 0.25) is 0 Å². The third kappa shape index (κ3) is 3.85. The maximum atomic E-state index is 5.60. The van der Waals surface area contributed by atoms with Crippen LogP contribution < -0.4 is 5.32 Å². The van der Waals surface area contributed by atoms with Crippen molar-refractivity contribution in [2.24, 2.45) is 0 Å². The maximum absolute atomic E-state index is 5.60. The van der Waals surface area contributed by atoms with E-state index in [-0.39, 0.29) is 0 Å². The fraction of sp³-hybridized carbons (Fsp3) is 0.400. The molecule has 0 radical (unpaired) electrons. The lowest BCUT2D eigenvalue weighted by atomic mass is 10.1. The van der Waals surface area contributed by atoms with E-state index in [1.807, 2.05) is 19.9 Å². The summed E-state index contributed by atoms with van der Waals surface area (Å²) in [6.45, 7) is 7.00. The molecule has 1 atom stereocenters. The second-order valence-electron chi connectivity index (χ2n) is 4.45. The predicted molar refractivity (Wildman–Crippen MR) is 79.6 cm³/mol. The highest BCUT2D eigenvalue weighted by molar-refractivity contribution is 7.99. The molecule has 2 aromatic rings. The molecule has 1 aromatic carbocycles. The van der Waals surface area contributed by atoms with Crippen molar-refractivity contribution in [2.75, 3.05) is 12.3 Å². The average Bonchev–Trinajstić information content (AvgIpc) is 2.75. The molecule has 0 bridgehead atoms. The molecule has 4 heteroatoms. The molecule has 0 aliphatic carbocycles. The van der Waals surface area contributed by atoms with Crippen LogP contribution in [0.1, 0.15) is 30.0 Å². The highest BCUT2D eigenvalue weighted by atomic mass is 32.2. The zero-order valence-electron chi connectivity index (χ0n) is 11.6. The van der Waals surface area contributed by atoms with E-state index < -0.39 is 0 Å². The Kier molecular flexibility index (Phi) is 5.05. The fourth-order valence-corrected chi connectivity index (χ4v) is 2.87. The number of nitrogens with one attached hydrogen (secondary N) is 1. The van der Waals surface area contributed by atoms with Gasteiger partial charge >= 0.3 is 0 Å². The topological polar surface area (TPSA) is 38.1 Å². The van der Waals surface area contributed by atoms with Gasteiger partial charge in [0, 0.05) is 11.8 Å². The van der Waals surface area contributed by atoms with E-state index in [0.717, 1.165) is 29.0 Å². The molecule has 1 unspecified atom stereocenters. The summed E-state index contributed by atoms with van der Waals surface area (Å²) in [5, 5.41) is 4.26. The van der Waals surface area contributed by atoms with Gasteiger partial charge in [0.15, 0.2) is 0 Å². The summed E-state index contributed by atoms with van der Waals surface area (Å²) in [6.07, 6.45) is 0. The number of nitrogens with zero attached hydrogens (tertiary/aromatic N) is 1. The summed E-state index contributed by atoms with van der Waals surface area (Å²) in [6, 6.07) is 10.8. The highest BCUT2D eigenvalue weighted by Crippen LogP contribution is 2.25. The summed E-state index contributed by atoms with van der Waals surface area (Å²) in [4.78, 5) is 4.40. The van der Waals surface area contributed by atoms with Crippen molar-refractivity contribution in [3.63, 3.8) is 0 Å². The Labute approximate surface area is 118 Å². The molecule has 1 aromatic heterocycles. The second-order valence-corrected chi connectivity index (χ2v) is 5.42. The van der Waals surface area contributed by atoms with Gasteiger partial charge in [-0.25, -0.2) is 4.98 Å². The summed E-state index contributed by atoms with van der Waals surface area (Å²) < 4.78 is 5.60. The lowest BCUT2D eigenvalue weighted by molar-refractivity contribution is 0.430. The quantitative estimate of drug-likeness (QED) is 0.816. The zero-order valence-corrected chi connectivity index (χ0v) is 12.5. The SMILES string of the molecule is CCNC(CSc1nc(C)c(C)o1)c1ccccc1. The molecule has 102 valence electrons. The minimum absolute atomic E-state index is 0.323. The fourth-order valence-electron chi connectivity index (χ4n) is 1.86. The third-order valence-corrected chi connectivity index (χ3v) is 3.96. The summed E-state index contributed by atoms with van der Waals surface area (Å²) in [5.74, 6) is 1.82. The first-order valence-electron chi connectivity index (χ1n) is 6.56. The van der Waals surface area contributed by atoms with Crippen LogP contribution in [-0.4, -0.2) is 17.3 Å². The molecule has 19 heavy (non-hydrogen) atoms. The van der Waals surface area contributed by atoms with E-state index in [4.69, 9.17) is 4.42 Å². The zero-order chi connectivity index (χ0) is 13.7. The molecule has 0 spiro atoms. The molecule has 0 amide bonds. The summed E-state index contributed by atoms with van der Waals surface area (Å²) in [5.41, 5.74) is 2.28. The van der Waals surface area contributed by atoms with Gasteiger partial charge in [-0.2, -0.15) is 0 Å². The first kappa shape index (κ1) is 14.2. The monoisotopic (exact) mass is 276 g/mol. The molecular formula is C15H20N2OS. The molecule has 3 nitrogen and oxygen atoms in total. The normalized spacial score (nSPS) is 12.6. The van der Waals surface area contributed by atoms with Gasteiger partial charge in [-0.3, -0.25) is 0 Å². The smallest absolute Gasteiger partial charge is 0.256 e. The number of rotatable bonds is 6. The van der Waals surface area contributed by atoms with Gasteiger partial charge in [-0.05, 0) is 26.0 Å². The Morgan fingerprint density at radius 1 is 1.26 bits per heavy atom. The van der Waals surface area contributed by atoms with E-state index >= 15 is 0 Å². The van der Waals surface area contributed by atoms with E-state index in [9.17, 15) is 0 Å². The Hall–Kier alpha value is -1.26. The average molecular weight is 276 g/mol. The van der Waals surface area contributed by atoms with E-state index in [1.54, 1.807) is 11.8 Å². The van der Waals surface area contributed by atoms with Crippen molar-refractivity contribution in [1.82, 2.24) is 10.3 Å². The molecule has 0 aliphatic heterocycles. The lowest BCUT2D eigenvalue weighted by Crippen LogP contribution is -2.22. The maximum Gasteiger partial charge on any atom is 0.256 e. The van der Waals surface area contributed by atoms with E-state index in [2.05, 4.69) is 41.5 Å². The molecule has 1 N–H and O–H groups in total. The van der Waals surface area contributed by atoms with Crippen LogP contribution in [0.3, 0.4) is 0 Å².